The number of hydrogen-bond donors (Lipinski definition) is 1. The summed E-state index contributed by atoms with van der Waals surface area (Å²) in [5.41, 5.74) is 0.262. The summed E-state index contributed by atoms with van der Waals surface area (Å²) in [6.07, 6.45) is 3.23. The van der Waals surface area contributed by atoms with Gasteiger partial charge in [-0.3, -0.25) is 4.79 Å². The summed E-state index contributed by atoms with van der Waals surface area (Å²) in [6, 6.07) is 4.69. The Balaban J connectivity index is 1.72. The van der Waals surface area contributed by atoms with Crippen molar-refractivity contribution < 1.29 is 9.18 Å². The lowest BCUT2D eigenvalue weighted by atomic mass is 10.0. The Bertz CT molecular complexity index is 446. The maximum absolute atomic E-state index is 13.5. The van der Waals surface area contributed by atoms with Crippen molar-refractivity contribution in [1.82, 2.24) is 0 Å². The average molecular weight is 298 g/mol. The van der Waals surface area contributed by atoms with Gasteiger partial charge in [0.25, 0.3) is 0 Å². The van der Waals surface area contributed by atoms with Crippen molar-refractivity contribution in [2.24, 2.45) is 17.8 Å². The number of benzene rings is 1. The third-order valence-electron chi connectivity index (χ3n) is 3.83. The largest absolute Gasteiger partial charge is 0.322 e. The van der Waals surface area contributed by atoms with Crippen molar-refractivity contribution in [2.75, 3.05) is 5.32 Å². The van der Waals surface area contributed by atoms with Crippen molar-refractivity contribution in [1.29, 1.82) is 0 Å². The third-order valence-corrected chi connectivity index (χ3v) is 4.49. The minimum absolute atomic E-state index is 0.0389. The molecule has 0 aromatic heterocycles. The van der Waals surface area contributed by atoms with Crippen LogP contribution in [0.2, 0.25) is 0 Å². The average Bonchev–Trinajstić information content (AvgIpc) is 2.91. The second-order valence-electron chi connectivity index (χ2n) is 5.01. The molecule has 2 nitrogen and oxygen atoms in total. The molecule has 3 rings (SSSR count). The van der Waals surface area contributed by atoms with E-state index in [0.717, 1.165) is 24.7 Å². The van der Waals surface area contributed by atoms with Crippen molar-refractivity contribution >= 4 is 27.5 Å². The molecular formula is C13H13BrFNO. The molecule has 2 aliphatic rings. The number of carbonyl (C=O) groups is 1. The second-order valence-corrected chi connectivity index (χ2v) is 5.86. The van der Waals surface area contributed by atoms with Crippen LogP contribution in [-0.2, 0) is 4.79 Å². The van der Waals surface area contributed by atoms with E-state index in [1.54, 1.807) is 12.1 Å². The summed E-state index contributed by atoms with van der Waals surface area (Å²) in [4.78, 5) is 12.0. The van der Waals surface area contributed by atoms with E-state index in [2.05, 4.69) is 21.2 Å². The molecule has 0 spiro atoms. The summed E-state index contributed by atoms with van der Waals surface area (Å²) < 4.78 is 14.1. The van der Waals surface area contributed by atoms with Gasteiger partial charge in [-0.15, -0.1) is 0 Å². The van der Waals surface area contributed by atoms with E-state index in [1.165, 1.54) is 12.5 Å². The highest BCUT2D eigenvalue weighted by atomic mass is 79.9. The fourth-order valence-electron chi connectivity index (χ4n) is 2.77. The lowest BCUT2D eigenvalue weighted by Gasteiger charge is -2.13. The van der Waals surface area contributed by atoms with E-state index in [0.29, 0.717) is 4.47 Å². The van der Waals surface area contributed by atoms with Gasteiger partial charge in [0.15, 0.2) is 0 Å². The third kappa shape index (κ3) is 2.10. The second kappa shape index (κ2) is 4.09. The molecule has 0 saturated heterocycles. The van der Waals surface area contributed by atoms with Crippen molar-refractivity contribution in [3.63, 3.8) is 0 Å². The fraction of sp³-hybridized carbons (Fsp3) is 0.462. The van der Waals surface area contributed by atoms with Crippen LogP contribution >= 0.6 is 15.9 Å². The number of carbonyl (C=O) groups excluding carboxylic acids is 1. The Hall–Kier alpha value is -0.900. The van der Waals surface area contributed by atoms with Crippen LogP contribution in [-0.4, -0.2) is 5.91 Å². The van der Waals surface area contributed by atoms with E-state index < -0.39 is 5.82 Å². The maximum Gasteiger partial charge on any atom is 0.227 e. The number of amides is 1. The van der Waals surface area contributed by atoms with Gasteiger partial charge in [-0.25, -0.2) is 4.39 Å². The van der Waals surface area contributed by atoms with Crippen LogP contribution < -0.4 is 5.32 Å². The van der Waals surface area contributed by atoms with Crippen LogP contribution in [0.5, 0.6) is 0 Å². The van der Waals surface area contributed by atoms with Gasteiger partial charge in [0, 0.05) is 10.4 Å². The molecule has 2 saturated carbocycles. The zero-order chi connectivity index (χ0) is 12.0. The number of hydrogen-bond acceptors (Lipinski definition) is 1. The fourth-order valence-corrected chi connectivity index (χ4v) is 3.21. The minimum atomic E-state index is -0.393. The first kappa shape index (κ1) is 11.2. The molecule has 0 bridgehead atoms. The lowest BCUT2D eigenvalue weighted by molar-refractivity contribution is -0.120. The maximum atomic E-state index is 13.5. The van der Waals surface area contributed by atoms with E-state index in [9.17, 15) is 9.18 Å². The number of rotatable bonds is 2. The highest BCUT2D eigenvalue weighted by Gasteiger charge is 2.48. The van der Waals surface area contributed by atoms with Crippen LogP contribution in [0, 0.1) is 23.6 Å². The first-order chi connectivity index (χ1) is 8.15. The van der Waals surface area contributed by atoms with Gasteiger partial charge in [0.05, 0.1) is 5.69 Å². The van der Waals surface area contributed by atoms with Crippen LogP contribution in [0.25, 0.3) is 0 Å². The zero-order valence-corrected chi connectivity index (χ0v) is 10.8. The summed E-state index contributed by atoms with van der Waals surface area (Å²) in [7, 11) is 0. The molecule has 2 atom stereocenters. The summed E-state index contributed by atoms with van der Waals surface area (Å²) in [5.74, 6) is 1.16. The van der Waals surface area contributed by atoms with Crippen LogP contribution in [0.4, 0.5) is 10.1 Å². The zero-order valence-electron chi connectivity index (χ0n) is 9.25. The molecule has 2 fully saturated rings. The molecule has 1 aromatic rings. The molecule has 1 N–H and O–H groups in total. The van der Waals surface area contributed by atoms with Crippen LogP contribution in [0.15, 0.2) is 22.7 Å². The summed E-state index contributed by atoms with van der Waals surface area (Å²) >= 11 is 3.25. The monoisotopic (exact) mass is 297 g/mol. The molecule has 4 heteroatoms. The normalized spacial score (nSPS) is 29.9. The van der Waals surface area contributed by atoms with Gasteiger partial charge in [-0.05, 0) is 59.2 Å². The minimum Gasteiger partial charge on any atom is -0.322 e. The molecule has 2 unspecified atom stereocenters. The van der Waals surface area contributed by atoms with E-state index in [4.69, 9.17) is 0 Å². The standard InChI is InChI=1S/C13H13BrFNO/c14-10-2-1-3-11(15)12(10)16-13(17)9-5-7-4-8(7)6-9/h1-3,7-9H,4-6H2,(H,16,17). The quantitative estimate of drug-likeness (QED) is 0.888. The van der Waals surface area contributed by atoms with Gasteiger partial charge in [0.2, 0.25) is 5.91 Å². The number of nitrogens with one attached hydrogen (secondary N) is 1. The van der Waals surface area contributed by atoms with Gasteiger partial charge >= 0.3 is 0 Å². The smallest absolute Gasteiger partial charge is 0.227 e. The van der Waals surface area contributed by atoms with Crippen LogP contribution in [0.3, 0.4) is 0 Å². The first-order valence-corrected chi connectivity index (χ1v) is 6.69. The summed E-state index contributed by atoms with van der Waals surface area (Å²) in [5, 5.41) is 2.70. The molecule has 90 valence electrons. The molecule has 1 amide bonds. The van der Waals surface area contributed by atoms with E-state index in [-0.39, 0.29) is 17.5 Å². The Morgan fingerprint density at radius 3 is 2.65 bits per heavy atom. The topological polar surface area (TPSA) is 29.1 Å². The van der Waals surface area contributed by atoms with Crippen molar-refractivity contribution in [3.05, 3.63) is 28.5 Å². The highest BCUT2D eigenvalue weighted by Crippen LogP contribution is 2.54. The molecule has 17 heavy (non-hydrogen) atoms. The Labute approximate surface area is 108 Å². The van der Waals surface area contributed by atoms with Gasteiger partial charge in [0.1, 0.15) is 5.82 Å². The van der Waals surface area contributed by atoms with Crippen molar-refractivity contribution in [3.8, 4) is 0 Å². The molecule has 2 aliphatic carbocycles. The Morgan fingerprint density at radius 1 is 1.29 bits per heavy atom. The van der Waals surface area contributed by atoms with Crippen molar-refractivity contribution in [2.45, 2.75) is 19.3 Å². The molecular weight excluding hydrogens is 285 g/mol. The predicted octanol–water partition coefficient (Wildman–Crippen LogP) is 3.57. The van der Waals surface area contributed by atoms with Gasteiger partial charge in [-0.2, -0.15) is 0 Å². The summed E-state index contributed by atoms with van der Waals surface area (Å²) in [6.45, 7) is 0. The predicted molar refractivity (Wildman–Crippen MR) is 67.1 cm³/mol. The number of para-hydroxylation sites is 1. The molecule has 1 aromatic carbocycles. The van der Waals surface area contributed by atoms with Crippen LogP contribution in [0.1, 0.15) is 19.3 Å². The van der Waals surface area contributed by atoms with Gasteiger partial charge < -0.3 is 5.32 Å². The van der Waals surface area contributed by atoms with E-state index >= 15 is 0 Å². The molecule has 0 radical (unpaired) electrons. The molecule has 0 aliphatic heterocycles. The highest BCUT2D eigenvalue weighted by molar-refractivity contribution is 9.10. The number of halogens is 2. The lowest BCUT2D eigenvalue weighted by Crippen LogP contribution is -2.22. The Kier molecular flexibility index (Phi) is 2.69. The van der Waals surface area contributed by atoms with E-state index in [1.807, 2.05) is 0 Å². The first-order valence-electron chi connectivity index (χ1n) is 5.90. The number of anilines is 1. The number of fused-ring (bicyclic) bond motifs is 1. The Morgan fingerprint density at radius 2 is 2.00 bits per heavy atom. The molecule has 0 heterocycles. The SMILES string of the molecule is O=C(Nc1c(F)cccc1Br)C1CC2CC2C1. The van der Waals surface area contributed by atoms with Gasteiger partial charge in [-0.1, -0.05) is 6.07 Å².